The fourth-order valence-corrected chi connectivity index (χ4v) is 3.25. The van der Waals surface area contributed by atoms with Gasteiger partial charge in [-0.2, -0.15) is 0 Å². The highest BCUT2D eigenvalue weighted by molar-refractivity contribution is 6.31. The van der Waals surface area contributed by atoms with E-state index in [0.29, 0.717) is 6.04 Å². The van der Waals surface area contributed by atoms with E-state index in [9.17, 15) is 0 Å². The van der Waals surface area contributed by atoms with Crippen LogP contribution >= 0.6 is 11.6 Å². The Kier molecular flexibility index (Phi) is 7.72. The zero-order valence-electron chi connectivity index (χ0n) is 14.2. The number of halogens is 1. The highest BCUT2D eigenvalue weighted by Gasteiger charge is 2.33. The average Bonchev–Trinajstić information content (AvgIpc) is 2.46. The molecule has 0 spiro atoms. The van der Waals surface area contributed by atoms with Crippen LogP contribution in [-0.4, -0.2) is 36.1 Å². The maximum Gasteiger partial charge on any atom is 0.0438 e. The summed E-state index contributed by atoms with van der Waals surface area (Å²) in [5.74, 6) is 0. The van der Waals surface area contributed by atoms with Crippen molar-refractivity contribution < 1.29 is 0 Å². The topological polar surface area (TPSA) is 15.3 Å². The molecule has 0 radical (unpaired) electrons. The fourth-order valence-electron chi connectivity index (χ4n) is 3.03. The Morgan fingerprint density at radius 3 is 2.29 bits per heavy atom. The van der Waals surface area contributed by atoms with Crippen LogP contribution in [0, 0.1) is 0 Å². The molecule has 0 saturated carbocycles. The number of nitrogens with zero attached hydrogens (tertiary/aromatic N) is 1. The summed E-state index contributed by atoms with van der Waals surface area (Å²) in [4.78, 5) is 2.52. The lowest BCUT2D eigenvalue weighted by Crippen LogP contribution is -2.58. The van der Waals surface area contributed by atoms with Crippen LogP contribution in [-0.2, 0) is 6.42 Å². The van der Waals surface area contributed by atoms with Crippen LogP contribution in [0.4, 0.5) is 0 Å². The number of benzene rings is 1. The van der Waals surface area contributed by atoms with Gasteiger partial charge in [-0.25, -0.2) is 0 Å². The number of hydrogen-bond donors (Lipinski definition) is 1. The highest BCUT2D eigenvalue weighted by atomic mass is 35.5. The predicted molar refractivity (Wildman–Crippen MR) is 94.2 cm³/mol. The molecule has 21 heavy (non-hydrogen) atoms. The van der Waals surface area contributed by atoms with Crippen molar-refractivity contribution in [3.05, 3.63) is 34.9 Å². The van der Waals surface area contributed by atoms with Crippen LogP contribution in [0.5, 0.6) is 0 Å². The molecule has 0 aliphatic heterocycles. The van der Waals surface area contributed by atoms with Crippen molar-refractivity contribution in [2.45, 2.75) is 59.0 Å². The van der Waals surface area contributed by atoms with Gasteiger partial charge < -0.3 is 5.32 Å². The maximum atomic E-state index is 6.36. The lowest BCUT2D eigenvalue weighted by molar-refractivity contribution is 0.0911. The number of likely N-dealkylation sites (N-methyl/N-ethyl adjacent to an activating group) is 1. The molecule has 0 bridgehead atoms. The molecule has 0 saturated heterocycles. The summed E-state index contributed by atoms with van der Waals surface area (Å²) in [6.07, 6.45) is 2.11. The van der Waals surface area contributed by atoms with Crippen molar-refractivity contribution in [3.8, 4) is 0 Å². The van der Waals surface area contributed by atoms with Crippen LogP contribution in [0.1, 0.15) is 46.6 Å². The molecular weight excluding hydrogens is 280 g/mol. The summed E-state index contributed by atoms with van der Waals surface area (Å²) in [7, 11) is 0. The zero-order chi connectivity index (χ0) is 15.9. The van der Waals surface area contributed by atoms with Gasteiger partial charge in [0.25, 0.3) is 0 Å². The highest BCUT2D eigenvalue weighted by Crippen LogP contribution is 2.25. The second kappa shape index (κ2) is 8.77. The molecule has 1 atom stereocenters. The summed E-state index contributed by atoms with van der Waals surface area (Å²) in [6.45, 7) is 14.5. The maximum absolute atomic E-state index is 6.36. The molecule has 1 aromatic carbocycles. The molecule has 1 unspecified atom stereocenters. The minimum absolute atomic E-state index is 0.0951. The van der Waals surface area contributed by atoms with E-state index < -0.39 is 0 Å². The van der Waals surface area contributed by atoms with E-state index in [2.05, 4.69) is 57.0 Å². The Morgan fingerprint density at radius 2 is 1.76 bits per heavy atom. The van der Waals surface area contributed by atoms with E-state index in [0.717, 1.165) is 37.5 Å². The van der Waals surface area contributed by atoms with Gasteiger partial charge in [0.05, 0.1) is 0 Å². The first-order valence-electron chi connectivity index (χ1n) is 8.19. The van der Waals surface area contributed by atoms with Gasteiger partial charge in [-0.1, -0.05) is 50.6 Å². The van der Waals surface area contributed by atoms with Crippen LogP contribution in [0.3, 0.4) is 0 Å². The molecule has 1 N–H and O–H groups in total. The van der Waals surface area contributed by atoms with Crippen molar-refractivity contribution in [1.82, 2.24) is 10.2 Å². The minimum atomic E-state index is 0.0951. The molecule has 0 amide bonds. The molecule has 1 aromatic rings. The lowest BCUT2D eigenvalue weighted by Gasteiger charge is -2.44. The quantitative estimate of drug-likeness (QED) is 0.728. The first kappa shape index (κ1) is 18.5. The summed E-state index contributed by atoms with van der Waals surface area (Å²) < 4.78 is 0. The molecule has 1 rings (SSSR count). The predicted octanol–water partition coefficient (Wildman–Crippen LogP) is 4.37. The largest absolute Gasteiger partial charge is 0.312 e. The molecule has 0 aliphatic rings. The monoisotopic (exact) mass is 310 g/mol. The zero-order valence-corrected chi connectivity index (χ0v) is 15.0. The SMILES string of the molecule is CCCNC(Cc1ccccc1Cl)C(C)(C)N(CC)CC. The average molecular weight is 311 g/mol. The first-order valence-corrected chi connectivity index (χ1v) is 8.56. The Bertz CT molecular complexity index is 413. The molecule has 120 valence electrons. The van der Waals surface area contributed by atoms with Crippen molar-refractivity contribution >= 4 is 11.6 Å². The standard InChI is InChI=1S/C18H31ClN2/c1-6-13-20-17(18(4,5)21(7-2)8-3)14-15-11-9-10-12-16(15)19/h9-12,17,20H,6-8,13-14H2,1-5H3. The summed E-state index contributed by atoms with van der Waals surface area (Å²) in [5.41, 5.74) is 1.32. The van der Waals surface area contributed by atoms with Crippen LogP contribution in [0.2, 0.25) is 5.02 Å². The fraction of sp³-hybridized carbons (Fsp3) is 0.667. The molecule has 2 nitrogen and oxygen atoms in total. The summed E-state index contributed by atoms with van der Waals surface area (Å²) >= 11 is 6.36. The Hall–Kier alpha value is -0.570. The third-order valence-electron chi connectivity index (χ3n) is 4.45. The molecule has 0 aromatic heterocycles. The van der Waals surface area contributed by atoms with Crippen LogP contribution < -0.4 is 5.32 Å². The number of nitrogens with one attached hydrogen (secondary N) is 1. The van der Waals surface area contributed by atoms with Gasteiger partial charge in [0.1, 0.15) is 0 Å². The van der Waals surface area contributed by atoms with E-state index >= 15 is 0 Å². The third kappa shape index (κ3) is 4.98. The van der Waals surface area contributed by atoms with Crippen LogP contribution in [0.25, 0.3) is 0 Å². The summed E-state index contributed by atoms with van der Waals surface area (Å²) in [6, 6.07) is 8.58. The van der Waals surface area contributed by atoms with Gasteiger partial charge in [-0.05, 0) is 58.0 Å². The van der Waals surface area contributed by atoms with E-state index in [1.807, 2.05) is 12.1 Å². The second-order valence-corrected chi connectivity index (χ2v) is 6.54. The van der Waals surface area contributed by atoms with E-state index in [4.69, 9.17) is 11.6 Å². The van der Waals surface area contributed by atoms with Crippen LogP contribution in [0.15, 0.2) is 24.3 Å². The van der Waals surface area contributed by atoms with Crippen molar-refractivity contribution in [3.63, 3.8) is 0 Å². The molecule has 0 heterocycles. The molecule has 0 fully saturated rings. The van der Waals surface area contributed by atoms with Crippen molar-refractivity contribution in [1.29, 1.82) is 0 Å². The Morgan fingerprint density at radius 1 is 1.14 bits per heavy atom. The smallest absolute Gasteiger partial charge is 0.0438 e. The minimum Gasteiger partial charge on any atom is -0.312 e. The van der Waals surface area contributed by atoms with Gasteiger partial charge in [-0.15, -0.1) is 0 Å². The lowest BCUT2D eigenvalue weighted by atomic mass is 9.87. The van der Waals surface area contributed by atoms with Gasteiger partial charge in [0.15, 0.2) is 0 Å². The first-order chi connectivity index (χ1) is 9.97. The molecule has 3 heteroatoms. The third-order valence-corrected chi connectivity index (χ3v) is 4.82. The van der Waals surface area contributed by atoms with Gasteiger partial charge >= 0.3 is 0 Å². The number of rotatable bonds is 9. The number of hydrogen-bond acceptors (Lipinski definition) is 2. The normalized spacial score (nSPS) is 13.7. The van der Waals surface area contributed by atoms with Gasteiger partial charge in [0.2, 0.25) is 0 Å². The Balaban J connectivity index is 2.96. The van der Waals surface area contributed by atoms with E-state index in [1.54, 1.807) is 0 Å². The van der Waals surface area contributed by atoms with E-state index in [1.165, 1.54) is 5.56 Å². The van der Waals surface area contributed by atoms with Gasteiger partial charge in [-0.3, -0.25) is 4.90 Å². The molecule has 0 aliphatic carbocycles. The Labute approximate surface area is 135 Å². The second-order valence-electron chi connectivity index (χ2n) is 6.13. The van der Waals surface area contributed by atoms with Crippen molar-refractivity contribution in [2.75, 3.05) is 19.6 Å². The molecular formula is C18H31ClN2. The van der Waals surface area contributed by atoms with Gasteiger partial charge in [0, 0.05) is 16.6 Å². The van der Waals surface area contributed by atoms with Crippen molar-refractivity contribution in [2.24, 2.45) is 0 Å². The summed E-state index contributed by atoms with van der Waals surface area (Å²) in [5, 5.41) is 4.61. The van der Waals surface area contributed by atoms with E-state index in [-0.39, 0.29) is 5.54 Å².